The predicted molar refractivity (Wildman–Crippen MR) is 86.7 cm³/mol. The molecule has 2 unspecified atom stereocenters. The molecule has 5 heteroatoms. The van der Waals surface area contributed by atoms with Crippen LogP contribution in [0.25, 0.3) is 0 Å². The summed E-state index contributed by atoms with van der Waals surface area (Å²) < 4.78 is 5.12. The first kappa shape index (κ1) is 16.2. The molecule has 1 fully saturated rings. The van der Waals surface area contributed by atoms with Gasteiger partial charge < -0.3 is 15.8 Å². The molecular weight excluding hydrogens is 284 g/mol. The number of amides is 1. The van der Waals surface area contributed by atoms with Gasteiger partial charge in [0.2, 0.25) is 5.91 Å². The molecule has 0 saturated heterocycles. The molecule has 0 aromatic heterocycles. The van der Waals surface area contributed by atoms with E-state index < -0.39 is 0 Å². The third-order valence-corrected chi connectivity index (χ3v) is 4.98. The summed E-state index contributed by atoms with van der Waals surface area (Å²) in [6.07, 6.45) is 3.93. The molecule has 2 atom stereocenters. The van der Waals surface area contributed by atoms with Crippen LogP contribution in [0.2, 0.25) is 0 Å². The van der Waals surface area contributed by atoms with Crippen molar-refractivity contribution in [2.75, 3.05) is 19.4 Å². The predicted octanol–water partition coefficient (Wildman–Crippen LogP) is 2.42. The van der Waals surface area contributed by atoms with Crippen LogP contribution in [0.15, 0.2) is 29.2 Å². The van der Waals surface area contributed by atoms with E-state index in [0.29, 0.717) is 18.9 Å². The van der Waals surface area contributed by atoms with E-state index in [0.717, 1.165) is 29.2 Å². The van der Waals surface area contributed by atoms with Crippen LogP contribution in [0.1, 0.15) is 25.7 Å². The second kappa shape index (κ2) is 8.29. The maximum atomic E-state index is 12.0. The second-order valence-electron chi connectivity index (χ2n) is 5.37. The Morgan fingerprint density at radius 1 is 1.38 bits per heavy atom. The minimum absolute atomic E-state index is 0.140. The van der Waals surface area contributed by atoms with E-state index in [1.54, 1.807) is 18.9 Å². The Kier molecular flexibility index (Phi) is 6.39. The zero-order valence-electron chi connectivity index (χ0n) is 12.5. The molecule has 1 aliphatic rings. The molecule has 0 spiro atoms. The van der Waals surface area contributed by atoms with Crippen LogP contribution in [0.5, 0.6) is 5.75 Å². The van der Waals surface area contributed by atoms with Gasteiger partial charge in [-0.2, -0.15) is 0 Å². The van der Waals surface area contributed by atoms with E-state index in [1.807, 2.05) is 24.3 Å². The van der Waals surface area contributed by atoms with Gasteiger partial charge in [-0.3, -0.25) is 4.79 Å². The normalized spacial score (nSPS) is 21.2. The molecule has 0 radical (unpaired) electrons. The lowest BCUT2D eigenvalue weighted by molar-refractivity contribution is -0.121. The maximum absolute atomic E-state index is 12.0. The Balaban J connectivity index is 1.69. The van der Waals surface area contributed by atoms with Crippen LogP contribution in [0.3, 0.4) is 0 Å². The highest BCUT2D eigenvalue weighted by molar-refractivity contribution is 7.99. The van der Waals surface area contributed by atoms with Gasteiger partial charge in [-0.15, -0.1) is 11.8 Å². The number of methoxy groups -OCH3 is 1. The van der Waals surface area contributed by atoms with Crippen molar-refractivity contribution in [2.24, 2.45) is 11.7 Å². The van der Waals surface area contributed by atoms with Gasteiger partial charge in [-0.25, -0.2) is 0 Å². The Hall–Kier alpha value is -1.20. The SMILES string of the molecule is COc1ccc(SCCC(=O)NC2CCCC2CN)cc1. The molecular formula is C16H24N2O2S. The third-order valence-electron chi connectivity index (χ3n) is 3.97. The molecule has 4 nitrogen and oxygen atoms in total. The summed E-state index contributed by atoms with van der Waals surface area (Å²) in [6, 6.07) is 8.19. The third kappa shape index (κ3) is 4.93. The molecule has 1 aromatic carbocycles. The lowest BCUT2D eigenvalue weighted by Gasteiger charge is -2.19. The molecule has 116 valence electrons. The lowest BCUT2D eigenvalue weighted by Crippen LogP contribution is -2.39. The zero-order valence-corrected chi connectivity index (χ0v) is 13.3. The fourth-order valence-electron chi connectivity index (χ4n) is 2.72. The summed E-state index contributed by atoms with van der Waals surface area (Å²) in [5, 5.41) is 3.13. The van der Waals surface area contributed by atoms with Gasteiger partial charge in [0, 0.05) is 23.1 Å². The van der Waals surface area contributed by atoms with Crippen molar-refractivity contribution in [1.82, 2.24) is 5.32 Å². The summed E-state index contributed by atoms with van der Waals surface area (Å²) in [4.78, 5) is 13.1. The highest BCUT2D eigenvalue weighted by Gasteiger charge is 2.26. The Bertz CT molecular complexity index is 450. The van der Waals surface area contributed by atoms with Crippen molar-refractivity contribution >= 4 is 17.7 Å². The Labute approximate surface area is 130 Å². The average Bonchev–Trinajstić information content (AvgIpc) is 2.95. The number of ether oxygens (including phenoxy) is 1. The number of nitrogens with two attached hydrogens (primary N) is 1. The van der Waals surface area contributed by atoms with E-state index in [-0.39, 0.29) is 11.9 Å². The number of hydrogen-bond acceptors (Lipinski definition) is 4. The fourth-order valence-corrected chi connectivity index (χ4v) is 3.57. The van der Waals surface area contributed by atoms with Crippen molar-refractivity contribution in [3.63, 3.8) is 0 Å². The summed E-state index contributed by atoms with van der Waals surface area (Å²) in [5.74, 6) is 2.24. The molecule has 0 heterocycles. The monoisotopic (exact) mass is 308 g/mol. The number of benzene rings is 1. The Morgan fingerprint density at radius 2 is 2.14 bits per heavy atom. The highest BCUT2D eigenvalue weighted by Crippen LogP contribution is 2.25. The smallest absolute Gasteiger partial charge is 0.221 e. The summed E-state index contributed by atoms with van der Waals surface area (Å²) in [6.45, 7) is 0.672. The van der Waals surface area contributed by atoms with Crippen LogP contribution in [0.4, 0.5) is 0 Å². The zero-order chi connectivity index (χ0) is 15.1. The molecule has 1 amide bonds. The van der Waals surface area contributed by atoms with Crippen LogP contribution >= 0.6 is 11.8 Å². The van der Waals surface area contributed by atoms with E-state index in [1.165, 1.54) is 6.42 Å². The largest absolute Gasteiger partial charge is 0.497 e. The number of carbonyl (C=O) groups excluding carboxylic acids is 1. The van der Waals surface area contributed by atoms with Crippen LogP contribution < -0.4 is 15.8 Å². The van der Waals surface area contributed by atoms with Gasteiger partial charge in [0.05, 0.1) is 7.11 Å². The molecule has 3 N–H and O–H groups in total. The molecule has 2 rings (SSSR count). The number of nitrogens with one attached hydrogen (secondary N) is 1. The minimum atomic E-state index is 0.140. The molecule has 1 aromatic rings. The summed E-state index contributed by atoms with van der Waals surface area (Å²) in [7, 11) is 1.66. The van der Waals surface area contributed by atoms with Gasteiger partial charge in [-0.1, -0.05) is 6.42 Å². The first-order chi connectivity index (χ1) is 10.2. The van der Waals surface area contributed by atoms with E-state index in [9.17, 15) is 4.79 Å². The first-order valence-electron chi connectivity index (χ1n) is 7.49. The van der Waals surface area contributed by atoms with E-state index in [4.69, 9.17) is 10.5 Å². The van der Waals surface area contributed by atoms with Crippen molar-refractivity contribution < 1.29 is 9.53 Å². The van der Waals surface area contributed by atoms with Crippen LogP contribution in [-0.4, -0.2) is 31.4 Å². The number of rotatable bonds is 7. The van der Waals surface area contributed by atoms with Gasteiger partial charge in [0.25, 0.3) is 0 Å². The van der Waals surface area contributed by atoms with Gasteiger partial charge in [0.1, 0.15) is 5.75 Å². The molecule has 21 heavy (non-hydrogen) atoms. The molecule has 0 bridgehead atoms. The van der Waals surface area contributed by atoms with Crippen molar-refractivity contribution in [3.8, 4) is 5.75 Å². The quantitative estimate of drug-likeness (QED) is 0.759. The van der Waals surface area contributed by atoms with Crippen LogP contribution in [-0.2, 0) is 4.79 Å². The maximum Gasteiger partial charge on any atom is 0.221 e. The fraction of sp³-hybridized carbons (Fsp3) is 0.562. The first-order valence-corrected chi connectivity index (χ1v) is 8.47. The number of hydrogen-bond donors (Lipinski definition) is 2. The lowest BCUT2D eigenvalue weighted by atomic mass is 10.0. The van der Waals surface area contributed by atoms with Crippen molar-refractivity contribution in [2.45, 2.75) is 36.6 Å². The van der Waals surface area contributed by atoms with Gasteiger partial charge >= 0.3 is 0 Å². The molecule has 0 aliphatic heterocycles. The van der Waals surface area contributed by atoms with Crippen LogP contribution in [0, 0.1) is 5.92 Å². The van der Waals surface area contributed by atoms with E-state index >= 15 is 0 Å². The van der Waals surface area contributed by atoms with Crippen molar-refractivity contribution in [3.05, 3.63) is 24.3 Å². The highest BCUT2D eigenvalue weighted by atomic mass is 32.2. The van der Waals surface area contributed by atoms with Crippen molar-refractivity contribution in [1.29, 1.82) is 0 Å². The standard InChI is InChI=1S/C16H24N2O2S/c1-20-13-5-7-14(8-6-13)21-10-9-16(19)18-15-4-2-3-12(15)11-17/h5-8,12,15H,2-4,9-11,17H2,1H3,(H,18,19). The molecule has 1 saturated carbocycles. The average molecular weight is 308 g/mol. The van der Waals surface area contributed by atoms with E-state index in [2.05, 4.69) is 5.32 Å². The summed E-state index contributed by atoms with van der Waals surface area (Å²) in [5.41, 5.74) is 5.73. The summed E-state index contributed by atoms with van der Waals surface area (Å²) >= 11 is 1.69. The molecule has 1 aliphatic carbocycles. The number of carbonyl (C=O) groups is 1. The topological polar surface area (TPSA) is 64.3 Å². The number of thioether (sulfide) groups is 1. The Morgan fingerprint density at radius 3 is 2.81 bits per heavy atom. The van der Waals surface area contributed by atoms with Gasteiger partial charge in [0.15, 0.2) is 0 Å². The second-order valence-corrected chi connectivity index (χ2v) is 6.54. The minimum Gasteiger partial charge on any atom is -0.497 e. The van der Waals surface area contributed by atoms with Gasteiger partial charge in [-0.05, 0) is 49.6 Å².